The second-order valence-corrected chi connectivity index (χ2v) is 6.71. The van der Waals surface area contributed by atoms with Crippen LogP contribution in [0.3, 0.4) is 0 Å². The molecule has 0 bridgehead atoms. The normalized spacial score (nSPS) is 16.8. The number of imidazole rings is 1. The predicted molar refractivity (Wildman–Crippen MR) is 84.7 cm³/mol. The summed E-state index contributed by atoms with van der Waals surface area (Å²) in [6.07, 6.45) is 6.41. The molecule has 23 heavy (non-hydrogen) atoms. The molecule has 0 spiro atoms. The van der Waals surface area contributed by atoms with Crippen molar-refractivity contribution < 1.29 is 14.7 Å². The molecule has 0 saturated carbocycles. The van der Waals surface area contributed by atoms with Gasteiger partial charge in [-0.3, -0.25) is 4.79 Å². The van der Waals surface area contributed by atoms with Gasteiger partial charge in [0, 0.05) is 25.7 Å². The van der Waals surface area contributed by atoms with Crippen molar-refractivity contribution in [3.05, 3.63) is 33.8 Å². The molecule has 2 heterocycles. The minimum absolute atomic E-state index is 0.0142. The number of fused-ring (bicyclic) bond motifs is 1. The van der Waals surface area contributed by atoms with Crippen molar-refractivity contribution in [2.45, 2.75) is 31.6 Å². The van der Waals surface area contributed by atoms with E-state index < -0.39 is 5.97 Å². The third-order valence-corrected chi connectivity index (χ3v) is 5.09. The van der Waals surface area contributed by atoms with Crippen LogP contribution in [-0.2, 0) is 24.7 Å². The second-order valence-electron chi connectivity index (χ2n) is 5.60. The lowest BCUT2D eigenvalue weighted by Crippen LogP contribution is -2.33. The Morgan fingerprint density at radius 3 is 3.04 bits per heavy atom. The fourth-order valence-corrected chi connectivity index (χ4v) is 3.63. The minimum Gasteiger partial charge on any atom is -0.477 e. The molecule has 1 amide bonds. The quantitative estimate of drug-likeness (QED) is 0.860. The van der Waals surface area contributed by atoms with E-state index in [0.717, 1.165) is 42.0 Å². The highest BCUT2D eigenvalue weighted by Crippen LogP contribution is 2.30. The second kappa shape index (κ2) is 6.49. The average Bonchev–Trinajstić information content (AvgIpc) is 3.15. The summed E-state index contributed by atoms with van der Waals surface area (Å²) in [7, 11) is 1.95. The van der Waals surface area contributed by atoms with Crippen molar-refractivity contribution in [3.63, 3.8) is 0 Å². The van der Waals surface area contributed by atoms with Crippen LogP contribution in [0.25, 0.3) is 0 Å². The van der Waals surface area contributed by atoms with Gasteiger partial charge in [-0.2, -0.15) is 0 Å². The Morgan fingerprint density at radius 1 is 1.48 bits per heavy atom. The highest BCUT2D eigenvalue weighted by molar-refractivity contribution is 7.13. The predicted octanol–water partition coefficient (Wildman–Crippen LogP) is 1.35. The van der Waals surface area contributed by atoms with E-state index in [4.69, 9.17) is 5.11 Å². The molecule has 3 rings (SSSR count). The van der Waals surface area contributed by atoms with Gasteiger partial charge in [0.1, 0.15) is 4.88 Å². The van der Waals surface area contributed by atoms with Gasteiger partial charge < -0.3 is 15.0 Å². The van der Waals surface area contributed by atoms with Crippen LogP contribution < -0.4 is 5.32 Å². The zero-order valence-electron chi connectivity index (χ0n) is 12.8. The first-order valence-electron chi connectivity index (χ1n) is 7.52. The highest BCUT2D eigenvalue weighted by Gasteiger charge is 2.29. The lowest BCUT2D eigenvalue weighted by atomic mass is 9.89. The number of amides is 1. The number of nitrogens with one attached hydrogen (secondary N) is 1. The van der Waals surface area contributed by atoms with E-state index in [0.29, 0.717) is 18.0 Å². The van der Waals surface area contributed by atoms with E-state index in [2.05, 4.69) is 15.3 Å². The molecule has 1 unspecified atom stereocenters. The molecule has 1 aliphatic rings. The Hall–Kier alpha value is -2.22. The number of carboxylic acid groups (broad SMARTS) is 1. The van der Waals surface area contributed by atoms with Crippen LogP contribution in [-0.4, -0.2) is 38.1 Å². The monoisotopic (exact) mass is 334 g/mol. The molecule has 0 saturated heterocycles. The van der Waals surface area contributed by atoms with Crippen LogP contribution in [0.2, 0.25) is 0 Å². The van der Waals surface area contributed by atoms with Crippen LogP contribution in [0, 0.1) is 0 Å². The third kappa shape index (κ3) is 3.26. The molecule has 1 atom stereocenters. The number of hydrogen-bond acceptors (Lipinski definition) is 5. The van der Waals surface area contributed by atoms with Crippen LogP contribution in [0.5, 0.6) is 0 Å². The zero-order valence-corrected chi connectivity index (χ0v) is 13.6. The van der Waals surface area contributed by atoms with Crippen molar-refractivity contribution in [1.29, 1.82) is 0 Å². The minimum atomic E-state index is -0.970. The average molecular weight is 334 g/mol. The van der Waals surface area contributed by atoms with Gasteiger partial charge in [0.15, 0.2) is 0 Å². The van der Waals surface area contributed by atoms with E-state index in [9.17, 15) is 9.59 Å². The first-order valence-corrected chi connectivity index (χ1v) is 8.33. The zero-order chi connectivity index (χ0) is 16.4. The van der Waals surface area contributed by atoms with Gasteiger partial charge in [-0.05, 0) is 19.3 Å². The number of rotatable bonds is 5. The largest absolute Gasteiger partial charge is 0.477 e. The molecular weight excluding hydrogens is 316 g/mol. The number of carboxylic acids is 1. The number of aromatic carboxylic acids is 1. The molecule has 8 heteroatoms. The summed E-state index contributed by atoms with van der Waals surface area (Å²) in [6, 6.07) is 0. The van der Waals surface area contributed by atoms with E-state index in [1.807, 2.05) is 11.6 Å². The number of carbonyl (C=O) groups is 2. The van der Waals surface area contributed by atoms with Crippen LogP contribution in [0.4, 0.5) is 0 Å². The van der Waals surface area contributed by atoms with Crippen molar-refractivity contribution >= 4 is 23.2 Å². The Kier molecular flexibility index (Phi) is 4.42. The first-order chi connectivity index (χ1) is 11.1. The van der Waals surface area contributed by atoms with E-state index >= 15 is 0 Å². The molecule has 1 aliphatic carbocycles. The maximum absolute atomic E-state index is 12.4. The molecule has 2 aromatic heterocycles. The lowest BCUT2D eigenvalue weighted by molar-refractivity contribution is -0.122. The molecular formula is C15H18N4O3S. The van der Waals surface area contributed by atoms with Crippen molar-refractivity contribution in [2.24, 2.45) is 7.05 Å². The summed E-state index contributed by atoms with van der Waals surface area (Å²) in [5, 5.41) is 12.5. The Bertz CT molecular complexity index is 737. The Balaban J connectivity index is 1.56. The first kappa shape index (κ1) is 15.7. The molecule has 0 aliphatic heterocycles. The topological polar surface area (TPSA) is 97.1 Å². The van der Waals surface area contributed by atoms with Gasteiger partial charge in [-0.1, -0.05) is 0 Å². The molecule has 0 aromatic carbocycles. The SMILES string of the molecule is Cn1cnc2c1CCCC2C(=O)NCCc1ncc(C(=O)O)s1. The van der Waals surface area contributed by atoms with Gasteiger partial charge in [0.05, 0.1) is 29.1 Å². The smallest absolute Gasteiger partial charge is 0.347 e. The fraction of sp³-hybridized carbons (Fsp3) is 0.467. The Morgan fingerprint density at radius 2 is 2.30 bits per heavy atom. The fourth-order valence-electron chi connectivity index (χ4n) is 2.88. The number of carbonyl (C=O) groups excluding carboxylic acids is 1. The lowest BCUT2D eigenvalue weighted by Gasteiger charge is -2.21. The molecule has 0 radical (unpaired) electrons. The number of aryl methyl sites for hydroxylation is 1. The molecule has 0 fully saturated rings. The summed E-state index contributed by atoms with van der Waals surface area (Å²) in [4.78, 5) is 31.9. The maximum Gasteiger partial charge on any atom is 0.347 e. The summed E-state index contributed by atoms with van der Waals surface area (Å²) >= 11 is 1.14. The maximum atomic E-state index is 12.4. The van der Waals surface area contributed by atoms with Gasteiger partial charge in [0.25, 0.3) is 0 Å². The number of hydrogen-bond donors (Lipinski definition) is 2. The van der Waals surface area contributed by atoms with E-state index in [1.54, 1.807) is 6.33 Å². The van der Waals surface area contributed by atoms with Gasteiger partial charge in [-0.15, -0.1) is 11.3 Å². The van der Waals surface area contributed by atoms with Crippen molar-refractivity contribution in [3.8, 4) is 0 Å². The number of aromatic nitrogens is 3. The highest BCUT2D eigenvalue weighted by atomic mass is 32.1. The number of nitrogens with zero attached hydrogens (tertiary/aromatic N) is 3. The van der Waals surface area contributed by atoms with E-state index in [-0.39, 0.29) is 16.7 Å². The van der Waals surface area contributed by atoms with Crippen molar-refractivity contribution in [2.75, 3.05) is 6.54 Å². The molecule has 122 valence electrons. The van der Waals surface area contributed by atoms with Crippen LogP contribution in [0.15, 0.2) is 12.5 Å². The number of thiazole rings is 1. The van der Waals surface area contributed by atoms with Gasteiger partial charge in [0.2, 0.25) is 5.91 Å². The van der Waals surface area contributed by atoms with Crippen molar-refractivity contribution in [1.82, 2.24) is 19.9 Å². The summed E-state index contributed by atoms with van der Waals surface area (Å²) in [5.74, 6) is -1.17. The third-order valence-electron chi connectivity index (χ3n) is 4.05. The van der Waals surface area contributed by atoms with Crippen LogP contribution in [0.1, 0.15) is 44.8 Å². The Labute approximate surface area is 137 Å². The van der Waals surface area contributed by atoms with Crippen LogP contribution >= 0.6 is 11.3 Å². The molecule has 2 N–H and O–H groups in total. The molecule has 7 nitrogen and oxygen atoms in total. The summed E-state index contributed by atoms with van der Waals surface area (Å²) < 4.78 is 1.98. The van der Waals surface area contributed by atoms with Gasteiger partial charge in [-0.25, -0.2) is 14.8 Å². The van der Waals surface area contributed by atoms with E-state index in [1.165, 1.54) is 6.20 Å². The summed E-state index contributed by atoms with van der Waals surface area (Å²) in [5.41, 5.74) is 2.03. The molecule has 2 aromatic rings. The standard InChI is InChI=1S/C15H18N4O3S/c1-19-8-18-13-9(3-2-4-10(13)19)14(20)16-6-5-12-17-7-11(23-12)15(21)22/h7-9H,2-6H2,1H3,(H,16,20)(H,21,22). The van der Waals surface area contributed by atoms with Gasteiger partial charge >= 0.3 is 5.97 Å². The summed E-state index contributed by atoms with van der Waals surface area (Å²) in [6.45, 7) is 0.448.